The van der Waals surface area contributed by atoms with E-state index < -0.39 is 7.51 Å². The van der Waals surface area contributed by atoms with Crippen LogP contribution in [-0.2, 0) is 16.2 Å². The smallest absolute Gasteiger partial charge is 0.0808 e. The molecule has 1 aliphatic rings. The zero-order valence-electron chi connectivity index (χ0n) is 26.0. The molecule has 0 saturated carbocycles. The van der Waals surface area contributed by atoms with E-state index in [1.807, 2.05) is 0 Å². The quantitative estimate of drug-likeness (QED) is 0.364. The van der Waals surface area contributed by atoms with Crippen LogP contribution in [0.15, 0.2) is 43.9 Å². The van der Waals surface area contributed by atoms with Crippen molar-refractivity contribution in [2.75, 3.05) is 0 Å². The molecule has 1 aromatic carbocycles. The van der Waals surface area contributed by atoms with Crippen LogP contribution in [0.4, 0.5) is 5.69 Å². The maximum absolute atomic E-state index is 5.75. The maximum atomic E-state index is 5.75. The molecule has 2 rings (SSSR count). The Balaban J connectivity index is 3.18. The van der Waals surface area contributed by atoms with Crippen LogP contribution in [0.5, 0.6) is 0 Å². The van der Waals surface area contributed by atoms with Crippen molar-refractivity contribution in [3.63, 3.8) is 0 Å². The first-order valence-electron chi connectivity index (χ1n) is 13.2. The molecular weight excluding hydrogens is 443 g/mol. The Morgan fingerprint density at radius 2 is 1.00 bits per heavy atom. The molecule has 0 aliphatic heterocycles. The highest BCUT2D eigenvalue weighted by Crippen LogP contribution is 2.56. The highest BCUT2D eigenvalue weighted by atomic mass is 31.1. The molecular formula is C32H53N2P. The van der Waals surface area contributed by atoms with Crippen LogP contribution in [0.25, 0.3) is 0 Å². The van der Waals surface area contributed by atoms with Gasteiger partial charge < -0.3 is 0 Å². The van der Waals surface area contributed by atoms with E-state index in [0.717, 1.165) is 0 Å². The minimum atomic E-state index is -1.07. The van der Waals surface area contributed by atoms with E-state index in [-0.39, 0.29) is 26.9 Å². The van der Waals surface area contributed by atoms with Gasteiger partial charge in [-0.1, -0.05) is 74.4 Å². The van der Waals surface area contributed by atoms with E-state index in [1.54, 1.807) is 0 Å². The second-order valence-corrected chi connectivity index (χ2v) is 16.8. The third-order valence-corrected chi connectivity index (χ3v) is 10.4. The molecule has 1 unspecified atom stereocenters. The van der Waals surface area contributed by atoms with Crippen LogP contribution in [-0.4, -0.2) is 10.7 Å². The first-order chi connectivity index (χ1) is 15.4. The van der Waals surface area contributed by atoms with Crippen LogP contribution in [0, 0.1) is 0 Å². The Hall–Kier alpha value is -1.40. The number of hydrogen-bond acceptors (Lipinski definition) is 2. The Morgan fingerprint density at radius 1 is 0.629 bits per heavy atom. The summed E-state index contributed by atoms with van der Waals surface area (Å²) in [7, 11) is -1.07. The van der Waals surface area contributed by atoms with Gasteiger partial charge in [0.1, 0.15) is 0 Å². The predicted octanol–water partition coefficient (Wildman–Crippen LogP) is 11.3. The molecule has 2 nitrogen and oxygen atoms in total. The van der Waals surface area contributed by atoms with Crippen molar-refractivity contribution in [2.24, 2.45) is 9.49 Å². The minimum absolute atomic E-state index is 0.0268. The van der Waals surface area contributed by atoms with Gasteiger partial charge in [0.25, 0.3) is 0 Å². The van der Waals surface area contributed by atoms with Crippen LogP contribution in [0.3, 0.4) is 0 Å². The molecule has 0 heterocycles. The molecule has 3 heteroatoms. The van der Waals surface area contributed by atoms with Crippen molar-refractivity contribution >= 4 is 13.2 Å². The molecule has 35 heavy (non-hydrogen) atoms. The summed E-state index contributed by atoms with van der Waals surface area (Å²) in [6.07, 6.45) is 0. The van der Waals surface area contributed by atoms with Gasteiger partial charge in [0.2, 0.25) is 0 Å². The van der Waals surface area contributed by atoms with Crippen molar-refractivity contribution in [2.45, 2.75) is 145 Å². The lowest BCUT2D eigenvalue weighted by Gasteiger charge is -2.33. The Morgan fingerprint density at radius 3 is 1.29 bits per heavy atom. The summed E-state index contributed by atoms with van der Waals surface area (Å²) in [5.41, 5.74) is 10.8. The molecule has 0 radical (unpaired) electrons. The summed E-state index contributed by atoms with van der Waals surface area (Å²) in [5, 5.41) is -0.163. The molecule has 1 aliphatic carbocycles. The van der Waals surface area contributed by atoms with E-state index in [2.05, 4.69) is 130 Å². The van der Waals surface area contributed by atoms with Gasteiger partial charge >= 0.3 is 0 Å². The standard InChI is InChI=1S/C32H53N2P/c1-20-21(2)23(4)32(17,22(20)3)35(34-31(14,15)16)33-27-25(29(8,9)10)18-24(28(5,6)7)19-26(27)30(11,12)13/h18-19H,1-17H3. The topological polar surface area (TPSA) is 24.7 Å². The lowest BCUT2D eigenvalue weighted by Crippen LogP contribution is -2.22. The lowest BCUT2D eigenvalue weighted by molar-refractivity contribution is 0.550. The molecule has 0 bridgehead atoms. The van der Waals surface area contributed by atoms with Crippen LogP contribution in [0.1, 0.15) is 134 Å². The predicted molar refractivity (Wildman–Crippen MR) is 159 cm³/mol. The second-order valence-electron chi connectivity index (χ2n) is 14.9. The van der Waals surface area contributed by atoms with Crippen molar-refractivity contribution in [3.05, 3.63) is 51.1 Å². The average molecular weight is 497 g/mol. The Labute approximate surface area is 218 Å². The summed E-state index contributed by atoms with van der Waals surface area (Å²) in [4.78, 5) is 0. The lowest BCUT2D eigenvalue weighted by atomic mass is 9.74. The summed E-state index contributed by atoms with van der Waals surface area (Å²) in [5.74, 6) is 0. The summed E-state index contributed by atoms with van der Waals surface area (Å²) < 4.78 is 11.2. The SMILES string of the molecule is CC1=C(C)C(C)(P(=Nc2c(C(C)(C)C)cc(C(C)(C)C)cc2C(C)(C)C)=NC(C)(C)C)C(C)=C1C. The Kier molecular flexibility index (Phi) is 7.81. The average Bonchev–Trinajstić information content (AvgIpc) is 2.80. The molecule has 0 saturated heterocycles. The van der Waals surface area contributed by atoms with Crippen LogP contribution < -0.4 is 0 Å². The van der Waals surface area contributed by atoms with Crippen LogP contribution in [0.2, 0.25) is 0 Å². The number of hydrogen-bond donors (Lipinski definition) is 0. The molecule has 0 aromatic heterocycles. The number of allylic oxidation sites excluding steroid dienone is 4. The van der Waals surface area contributed by atoms with Crippen molar-refractivity contribution in [1.82, 2.24) is 0 Å². The third-order valence-electron chi connectivity index (χ3n) is 7.73. The van der Waals surface area contributed by atoms with Crippen molar-refractivity contribution in [1.29, 1.82) is 0 Å². The van der Waals surface area contributed by atoms with Gasteiger partial charge in [-0.15, -0.1) is 0 Å². The Bertz CT molecular complexity index is 1090. The van der Waals surface area contributed by atoms with E-state index in [4.69, 9.17) is 9.49 Å². The fourth-order valence-corrected chi connectivity index (χ4v) is 7.15. The zero-order chi connectivity index (χ0) is 27.5. The van der Waals surface area contributed by atoms with Gasteiger partial charge in [0, 0.05) is 0 Å². The summed E-state index contributed by atoms with van der Waals surface area (Å²) in [6, 6.07) is 4.86. The highest BCUT2D eigenvalue weighted by Gasteiger charge is 2.40. The van der Waals surface area contributed by atoms with Crippen molar-refractivity contribution < 1.29 is 0 Å². The van der Waals surface area contributed by atoms with E-state index in [9.17, 15) is 0 Å². The molecule has 0 N–H and O–H groups in total. The van der Waals surface area contributed by atoms with Crippen LogP contribution >= 0.6 is 7.51 Å². The summed E-state index contributed by atoms with van der Waals surface area (Å²) >= 11 is 0. The van der Waals surface area contributed by atoms with Gasteiger partial charge in [-0.3, -0.25) is 0 Å². The van der Waals surface area contributed by atoms with Gasteiger partial charge in [0.05, 0.1) is 23.9 Å². The minimum Gasteiger partial charge on any atom is -0.249 e. The van der Waals surface area contributed by atoms with Crippen molar-refractivity contribution in [3.8, 4) is 0 Å². The fraction of sp³-hybridized carbons (Fsp3) is 0.688. The van der Waals surface area contributed by atoms with E-state index >= 15 is 0 Å². The molecule has 0 spiro atoms. The fourth-order valence-electron chi connectivity index (χ4n) is 4.79. The zero-order valence-corrected chi connectivity index (χ0v) is 26.9. The highest BCUT2D eigenvalue weighted by molar-refractivity contribution is 7.39. The first-order valence-corrected chi connectivity index (χ1v) is 14.5. The van der Waals surface area contributed by atoms with Gasteiger partial charge in [-0.25, -0.2) is 9.49 Å². The molecule has 1 atom stereocenters. The molecule has 0 amide bonds. The maximum Gasteiger partial charge on any atom is 0.0808 e. The summed E-state index contributed by atoms with van der Waals surface area (Å²) in [6.45, 7) is 39.1. The number of nitrogens with zero attached hydrogens (tertiary/aromatic N) is 2. The molecule has 196 valence electrons. The third kappa shape index (κ3) is 5.95. The molecule has 1 aromatic rings. The van der Waals surface area contributed by atoms with Gasteiger partial charge in [-0.2, -0.15) is 0 Å². The number of benzene rings is 1. The van der Waals surface area contributed by atoms with E-state index in [0.29, 0.717) is 0 Å². The molecule has 0 fully saturated rings. The first kappa shape index (κ1) is 29.8. The van der Waals surface area contributed by atoms with E-state index in [1.165, 1.54) is 44.7 Å². The second kappa shape index (κ2) is 9.16. The normalized spacial score (nSPS) is 18.3. The monoisotopic (exact) mass is 496 g/mol. The number of rotatable bonds is 2. The van der Waals surface area contributed by atoms with Gasteiger partial charge in [-0.05, 0) is 111 Å². The largest absolute Gasteiger partial charge is 0.249 e. The van der Waals surface area contributed by atoms with Gasteiger partial charge in [0.15, 0.2) is 0 Å².